The van der Waals surface area contributed by atoms with Gasteiger partial charge in [-0.1, -0.05) is 6.92 Å². The zero-order valence-corrected chi connectivity index (χ0v) is 6.83. The number of nitrogens with zero attached hydrogens (tertiary/aromatic N) is 2. The third-order valence-electron chi connectivity index (χ3n) is 1.54. The molecule has 1 saturated heterocycles. The molecule has 1 fully saturated rings. The van der Waals surface area contributed by atoms with E-state index in [-0.39, 0.29) is 6.09 Å². The second kappa shape index (κ2) is 3.37. The Balaban J connectivity index is 2.54. The van der Waals surface area contributed by atoms with Crippen molar-refractivity contribution in [2.75, 3.05) is 13.2 Å². The van der Waals surface area contributed by atoms with Gasteiger partial charge in [0.2, 0.25) is 0 Å². The van der Waals surface area contributed by atoms with E-state index < -0.39 is 0 Å². The van der Waals surface area contributed by atoms with Crippen molar-refractivity contribution in [3.8, 4) is 0 Å². The Bertz CT molecular complexity index is 189. The summed E-state index contributed by atoms with van der Waals surface area (Å²) in [5.41, 5.74) is 0.948. The Morgan fingerprint density at radius 3 is 3.00 bits per heavy atom. The van der Waals surface area contributed by atoms with Crippen LogP contribution >= 0.6 is 0 Å². The van der Waals surface area contributed by atoms with Crippen molar-refractivity contribution in [1.82, 2.24) is 5.01 Å². The third-order valence-corrected chi connectivity index (χ3v) is 1.54. The standard InChI is InChI=1S/C7H12N2O2/c1-3-6(2)8-9-4-5-11-7(9)10/h3-5H2,1-2H3/b8-6-. The topological polar surface area (TPSA) is 41.9 Å². The molecule has 1 heterocycles. The molecule has 0 aromatic carbocycles. The molecule has 0 bridgehead atoms. The minimum Gasteiger partial charge on any atom is -0.446 e. The van der Waals surface area contributed by atoms with Crippen LogP contribution in [0.25, 0.3) is 0 Å². The number of amides is 1. The first kappa shape index (κ1) is 8.04. The fourth-order valence-electron chi connectivity index (χ4n) is 0.753. The summed E-state index contributed by atoms with van der Waals surface area (Å²) in [6.07, 6.45) is 0.529. The average Bonchev–Trinajstić information content (AvgIpc) is 2.37. The molecule has 0 aromatic heterocycles. The van der Waals surface area contributed by atoms with E-state index >= 15 is 0 Å². The van der Waals surface area contributed by atoms with Crippen LogP contribution in [0, 0.1) is 0 Å². The zero-order valence-electron chi connectivity index (χ0n) is 6.83. The molecule has 1 amide bonds. The third kappa shape index (κ3) is 1.93. The molecule has 4 nitrogen and oxygen atoms in total. The van der Waals surface area contributed by atoms with Crippen LogP contribution in [0.3, 0.4) is 0 Å². The van der Waals surface area contributed by atoms with Gasteiger partial charge in [0.25, 0.3) is 0 Å². The molecule has 4 heteroatoms. The Hall–Kier alpha value is -1.06. The van der Waals surface area contributed by atoms with Gasteiger partial charge in [0.15, 0.2) is 0 Å². The highest BCUT2D eigenvalue weighted by Gasteiger charge is 2.20. The van der Waals surface area contributed by atoms with E-state index in [1.165, 1.54) is 5.01 Å². The fourth-order valence-corrected chi connectivity index (χ4v) is 0.753. The summed E-state index contributed by atoms with van der Waals surface area (Å²) in [5.74, 6) is 0. The minimum absolute atomic E-state index is 0.335. The molecule has 1 rings (SSSR count). The van der Waals surface area contributed by atoms with Crippen LogP contribution in [-0.2, 0) is 4.74 Å². The summed E-state index contributed by atoms with van der Waals surface area (Å²) in [6.45, 7) is 4.93. The lowest BCUT2D eigenvalue weighted by atomic mass is 10.3. The van der Waals surface area contributed by atoms with Crippen molar-refractivity contribution in [2.24, 2.45) is 5.10 Å². The summed E-state index contributed by atoms with van der Waals surface area (Å²) in [5, 5.41) is 5.41. The van der Waals surface area contributed by atoms with Gasteiger partial charge in [-0.3, -0.25) is 0 Å². The van der Waals surface area contributed by atoms with Crippen molar-refractivity contribution >= 4 is 11.8 Å². The van der Waals surface area contributed by atoms with Gasteiger partial charge in [-0.2, -0.15) is 10.1 Å². The first-order chi connectivity index (χ1) is 5.24. The van der Waals surface area contributed by atoms with Crippen LogP contribution in [0.2, 0.25) is 0 Å². The minimum atomic E-state index is -0.335. The second-order valence-electron chi connectivity index (χ2n) is 2.43. The second-order valence-corrected chi connectivity index (χ2v) is 2.43. The van der Waals surface area contributed by atoms with Crippen LogP contribution in [0.4, 0.5) is 4.79 Å². The summed E-state index contributed by atoms with van der Waals surface area (Å²) in [6, 6.07) is 0. The Labute approximate surface area is 65.8 Å². The molecule has 0 aromatic rings. The van der Waals surface area contributed by atoms with E-state index in [0.717, 1.165) is 12.1 Å². The molecule has 0 saturated carbocycles. The molecule has 11 heavy (non-hydrogen) atoms. The highest BCUT2D eigenvalue weighted by molar-refractivity contribution is 5.83. The number of rotatable bonds is 2. The molecular weight excluding hydrogens is 144 g/mol. The predicted molar refractivity (Wildman–Crippen MR) is 41.5 cm³/mol. The van der Waals surface area contributed by atoms with Crippen molar-refractivity contribution in [2.45, 2.75) is 20.3 Å². The molecule has 0 radical (unpaired) electrons. The quantitative estimate of drug-likeness (QED) is 0.564. The van der Waals surface area contributed by atoms with Gasteiger partial charge in [0.05, 0.1) is 6.54 Å². The van der Waals surface area contributed by atoms with Crippen LogP contribution in [0.15, 0.2) is 5.10 Å². The van der Waals surface area contributed by atoms with Gasteiger partial charge in [-0.05, 0) is 13.3 Å². The van der Waals surface area contributed by atoms with Gasteiger partial charge in [0.1, 0.15) is 6.61 Å². The Morgan fingerprint density at radius 2 is 2.55 bits per heavy atom. The molecule has 1 aliphatic heterocycles. The number of ether oxygens (including phenoxy) is 1. The summed E-state index contributed by atoms with van der Waals surface area (Å²) in [4.78, 5) is 10.8. The van der Waals surface area contributed by atoms with Crippen LogP contribution in [0.1, 0.15) is 20.3 Å². The first-order valence-electron chi connectivity index (χ1n) is 3.72. The van der Waals surface area contributed by atoms with Crippen molar-refractivity contribution in [3.05, 3.63) is 0 Å². The van der Waals surface area contributed by atoms with Gasteiger partial charge in [-0.15, -0.1) is 0 Å². The van der Waals surface area contributed by atoms with E-state index in [2.05, 4.69) is 5.10 Å². The van der Waals surface area contributed by atoms with Gasteiger partial charge in [-0.25, -0.2) is 4.79 Å². The number of carbonyl (C=O) groups is 1. The van der Waals surface area contributed by atoms with E-state index in [1.54, 1.807) is 0 Å². The van der Waals surface area contributed by atoms with E-state index in [1.807, 2.05) is 13.8 Å². The molecule has 62 valence electrons. The van der Waals surface area contributed by atoms with Crippen LogP contribution in [-0.4, -0.2) is 30.0 Å². The SMILES string of the molecule is CC/C(C)=N\N1CCOC1=O. The maximum atomic E-state index is 10.8. The molecule has 0 spiro atoms. The number of hydrogen-bond acceptors (Lipinski definition) is 3. The van der Waals surface area contributed by atoms with E-state index in [0.29, 0.717) is 13.2 Å². The predicted octanol–water partition coefficient (Wildman–Crippen LogP) is 1.22. The maximum absolute atomic E-state index is 10.8. The van der Waals surface area contributed by atoms with Crippen LogP contribution in [0.5, 0.6) is 0 Å². The molecule has 1 aliphatic rings. The number of hydrogen-bond donors (Lipinski definition) is 0. The normalized spacial score (nSPS) is 18.9. The fraction of sp³-hybridized carbons (Fsp3) is 0.714. The smallest absolute Gasteiger partial charge is 0.430 e. The molecular formula is C7H12N2O2. The van der Waals surface area contributed by atoms with Gasteiger partial charge >= 0.3 is 6.09 Å². The van der Waals surface area contributed by atoms with Crippen molar-refractivity contribution in [3.63, 3.8) is 0 Å². The number of cyclic esters (lactones) is 1. The lowest BCUT2D eigenvalue weighted by Gasteiger charge is -2.05. The summed E-state index contributed by atoms with van der Waals surface area (Å²) in [7, 11) is 0. The van der Waals surface area contributed by atoms with Crippen molar-refractivity contribution < 1.29 is 9.53 Å². The van der Waals surface area contributed by atoms with Crippen LogP contribution < -0.4 is 0 Å². The Kier molecular flexibility index (Phi) is 2.46. The highest BCUT2D eigenvalue weighted by atomic mass is 16.6. The Morgan fingerprint density at radius 1 is 1.82 bits per heavy atom. The lowest BCUT2D eigenvalue weighted by molar-refractivity contribution is 0.159. The largest absolute Gasteiger partial charge is 0.446 e. The zero-order chi connectivity index (χ0) is 8.27. The van der Waals surface area contributed by atoms with Gasteiger partial charge < -0.3 is 4.74 Å². The lowest BCUT2D eigenvalue weighted by Crippen LogP contribution is -2.18. The van der Waals surface area contributed by atoms with E-state index in [4.69, 9.17) is 4.74 Å². The van der Waals surface area contributed by atoms with Gasteiger partial charge in [0, 0.05) is 5.71 Å². The average molecular weight is 156 g/mol. The van der Waals surface area contributed by atoms with Crippen molar-refractivity contribution in [1.29, 1.82) is 0 Å². The highest BCUT2D eigenvalue weighted by Crippen LogP contribution is 2.04. The number of carbonyl (C=O) groups excluding carboxylic acids is 1. The summed E-state index contributed by atoms with van der Waals surface area (Å²) >= 11 is 0. The monoisotopic (exact) mass is 156 g/mol. The molecule has 0 aliphatic carbocycles. The molecule has 0 unspecified atom stereocenters. The number of hydrazone groups is 1. The molecule has 0 atom stereocenters. The first-order valence-corrected chi connectivity index (χ1v) is 3.72. The summed E-state index contributed by atoms with van der Waals surface area (Å²) < 4.78 is 4.69. The maximum Gasteiger partial charge on any atom is 0.430 e. The molecule has 0 N–H and O–H groups in total. The van der Waals surface area contributed by atoms with E-state index in [9.17, 15) is 4.79 Å².